The molecule has 0 heterocycles. The van der Waals surface area contributed by atoms with Gasteiger partial charge in [-0.05, 0) is 17.5 Å². The Labute approximate surface area is 96.4 Å². The summed E-state index contributed by atoms with van der Waals surface area (Å²) in [6.45, 7) is 1.61. The fourth-order valence-corrected chi connectivity index (χ4v) is 1.52. The molecule has 0 saturated heterocycles. The highest BCUT2D eigenvalue weighted by atomic mass is 19.4. The van der Waals surface area contributed by atoms with Crippen LogP contribution in [0.2, 0.25) is 0 Å². The SMILES string of the molecule is CC(CC(N)=O)c1ccccc1OC(F)(F)F. The molecule has 1 unspecified atom stereocenters. The van der Waals surface area contributed by atoms with Gasteiger partial charge in [0, 0.05) is 6.42 Å². The Balaban J connectivity index is 2.95. The predicted octanol–water partition coefficient (Wildman–Crippen LogP) is 2.56. The van der Waals surface area contributed by atoms with Gasteiger partial charge in [0.25, 0.3) is 0 Å². The number of primary amides is 1. The number of rotatable bonds is 4. The Bertz CT molecular complexity index is 404. The Morgan fingerprint density at radius 3 is 2.53 bits per heavy atom. The van der Waals surface area contributed by atoms with Gasteiger partial charge in [0.15, 0.2) is 0 Å². The molecule has 1 aromatic carbocycles. The molecule has 1 atom stereocenters. The smallest absolute Gasteiger partial charge is 0.405 e. The summed E-state index contributed by atoms with van der Waals surface area (Å²) in [7, 11) is 0. The van der Waals surface area contributed by atoms with Gasteiger partial charge in [0.1, 0.15) is 5.75 Å². The van der Waals surface area contributed by atoms with Gasteiger partial charge in [-0.25, -0.2) is 0 Å². The second-order valence-electron chi connectivity index (χ2n) is 3.66. The fraction of sp³-hybridized carbons (Fsp3) is 0.364. The Morgan fingerprint density at radius 1 is 1.41 bits per heavy atom. The molecule has 0 aliphatic rings. The Kier molecular flexibility index (Phi) is 3.98. The highest BCUT2D eigenvalue weighted by molar-refractivity contribution is 5.74. The summed E-state index contributed by atoms with van der Waals surface area (Å²) in [6, 6.07) is 5.70. The molecule has 2 N–H and O–H groups in total. The van der Waals surface area contributed by atoms with Gasteiger partial charge < -0.3 is 10.5 Å². The summed E-state index contributed by atoms with van der Waals surface area (Å²) in [5, 5.41) is 0. The fourth-order valence-electron chi connectivity index (χ4n) is 1.52. The third-order valence-corrected chi connectivity index (χ3v) is 2.18. The number of hydrogen-bond acceptors (Lipinski definition) is 2. The van der Waals surface area contributed by atoms with Crippen LogP contribution in [0.5, 0.6) is 5.75 Å². The topological polar surface area (TPSA) is 52.3 Å². The molecular formula is C11H12F3NO2. The van der Waals surface area contributed by atoms with Gasteiger partial charge in [-0.1, -0.05) is 25.1 Å². The van der Waals surface area contributed by atoms with Crippen molar-refractivity contribution in [2.45, 2.75) is 25.6 Å². The van der Waals surface area contributed by atoms with Crippen LogP contribution in [0.1, 0.15) is 24.8 Å². The van der Waals surface area contributed by atoms with E-state index in [9.17, 15) is 18.0 Å². The van der Waals surface area contributed by atoms with Crippen LogP contribution in [0, 0.1) is 0 Å². The first-order valence-electron chi connectivity index (χ1n) is 4.92. The minimum atomic E-state index is -4.75. The van der Waals surface area contributed by atoms with E-state index in [2.05, 4.69) is 4.74 Å². The highest BCUT2D eigenvalue weighted by Gasteiger charge is 2.32. The van der Waals surface area contributed by atoms with E-state index in [0.29, 0.717) is 5.56 Å². The molecule has 0 aliphatic carbocycles. The van der Waals surface area contributed by atoms with E-state index in [-0.39, 0.29) is 12.2 Å². The lowest BCUT2D eigenvalue weighted by molar-refractivity contribution is -0.274. The van der Waals surface area contributed by atoms with Gasteiger partial charge in [-0.3, -0.25) is 4.79 Å². The van der Waals surface area contributed by atoms with Gasteiger partial charge in [0.05, 0.1) is 0 Å². The summed E-state index contributed by atoms with van der Waals surface area (Å²) >= 11 is 0. The molecule has 0 radical (unpaired) electrons. The summed E-state index contributed by atoms with van der Waals surface area (Å²) in [4.78, 5) is 10.7. The van der Waals surface area contributed by atoms with E-state index >= 15 is 0 Å². The molecule has 17 heavy (non-hydrogen) atoms. The molecule has 0 aromatic heterocycles. The van der Waals surface area contributed by atoms with E-state index in [1.807, 2.05) is 0 Å². The van der Waals surface area contributed by atoms with Crippen molar-refractivity contribution < 1.29 is 22.7 Å². The minimum Gasteiger partial charge on any atom is -0.405 e. The number of carbonyl (C=O) groups is 1. The average Bonchev–Trinajstić information content (AvgIpc) is 2.14. The van der Waals surface area contributed by atoms with Crippen molar-refractivity contribution in [2.75, 3.05) is 0 Å². The Morgan fingerprint density at radius 2 is 2.00 bits per heavy atom. The largest absolute Gasteiger partial charge is 0.573 e. The van der Waals surface area contributed by atoms with Gasteiger partial charge in [0.2, 0.25) is 5.91 Å². The lowest BCUT2D eigenvalue weighted by atomic mass is 9.97. The molecule has 0 bridgehead atoms. The second-order valence-corrected chi connectivity index (χ2v) is 3.66. The molecule has 0 saturated carbocycles. The third-order valence-electron chi connectivity index (χ3n) is 2.18. The number of nitrogens with two attached hydrogens (primary N) is 1. The lowest BCUT2D eigenvalue weighted by Crippen LogP contribution is -2.19. The first-order chi connectivity index (χ1) is 7.79. The van der Waals surface area contributed by atoms with E-state index in [4.69, 9.17) is 5.73 Å². The Hall–Kier alpha value is -1.72. The summed E-state index contributed by atoms with van der Waals surface area (Å²) in [5.74, 6) is -1.29. The van der Waals surface area contributed by atoms with Gasteiger partial charge >= 0.3 is 6.36 Å². The number of halogens is 3. The maximum atomic E-state index is 12.1. The minimum absolute atomic E-state index is 0.0295. The standard InChI is InChI=1S/C11H12F3NO2/c1-7(6-10(15)16)8-4-2-3-5-9(8)17-11(12,13)14/h2-5,7H,6H2,1H3,(H2,15,16). The monoisotopic (exact) mass is 247 g/mol. The molecule has 1 aromatic rings. The van der Waals surface area contributed by atoms with Crippen molar-refractivity contribution in [1.82, 2.24) is 0 Å². The van der Waals surface area contributed by atoms with Crippen LogP contribution in [-0.4, -0.2) is 12.3 Å². The van der Waals surface area contributed by atoms with Crippen molar-refractivity contribution in [2.24, 2.45) is 5.73 Å². The number of benzene rings is 1. The van der Waals surface area contributed by atoms with E-state index < -0.39 is 18.2 Å². The van der Waals surface area contributed by atoms with Crippen molar-refractivity contribution >= 4 is 5.91 Å². The normalized spacial score (nSPS) is 13.2. The van der Waals surface area contributed by atoms with Crippen molar-refractivity contribution in [3.05, 3.63) is 29.8 Å². The lowest BCUT2D eigenvalue weighted by Gasteiger charge is -2.16. The quantitative estimate of drug-likeness (QED) is 0.888. The third kappa shape index (κ3) is 4.34. The van der Waals surface area contributed by atoms with Crippen molar-refractivity contribution in [3.63, 3.8) is 0 Å². The van der Waals surface area contributed by atoms with E-state index in [0.717, 1.165) is 0 Å². The number of alkyl halides is 3. The first kappa shape index (κ1) is 13.3. The molecule has 1 amide bonds. The van der Waals surface area contributed by atoms with Crippen LogP contribution in [0.25, 0.3) is 0 Å². The molecule has 0 fully saturated rings. The molecule has 94 valence electrons. The van der Waals surface area contributed by atoms with Crippen molar-refractivity contribution in [3.8, 4) is 5.75 Å². The first-order valence-corrected chi connectivity index (χ1v) is 4.92. The van der Waals surface area contributed by atoms with Crippen LogP contribution < -0.4 is 10.5 Å². The summed E-state index contributed by atoms with van der Waals surface area (Å²) < 4.78 is 40.3. The van der Waals surface area contributed by atoms with Crippen LogP contribution >= 0.6 is 0 Å². The van der Waals surface area contributed by atoms with Crippen molar-refractivity contribution in [1.29, 1.82) is 0 Å². The number of amides is 1. The zero-order valence-electron chi connectivity index (χ0n) is 9.12. The van der Waals surface area contributed by atoms with Gasteiger partial charge in [-0.2, -0.15) is 0 Å². The number of carbonyl (C=O) groups excluding carboxylic acids is 1. The van der Waals surface area contributed by atoms with Crippen LogP contribution in [0.3, 0.4) is 0 Å². The summed E-state index contributed by atoms with van der Waals surface area (Å²) in [6.07, 6.45) is -4.78. The van der Waals surface area contributed by atoms with Crippen LogP contribution in [0.15, 0.2) is 24.3 Å². The number of ether oxygens (including phenoxy) is 1. The number of hydrogen-bond donors (Lipinski definition) is 1. The predicted molar refractivity (Wildman–Crippen MR) is 55.4 cm³/mol. The molecule has 0 aliphatic heterocycles. The molecular weight excluding hydrogens is 235 g/mol. The van der Waals surface area contributed by atoms with Crippen LogP contribution in [0.4, 0.5) is 13.2 Å². The summed E-state index contributed by atoms with van der Waals surface area (Å²) in [5.41, 5.74) is 5.31. The second kappa shape index (κ2) is 5.07. The molecule has 3 nitrogen and oxygen atoms in total. The zero-order chi connectivity index (χ0) is 13.1. The molecule has 6 heteroatoms. The maximum Gasteiger partial charge on any atom is 0.573 e. The molecule has 1 rings (SSSR count). The van der Waals surface area contributed by atoms with E-state index in [1.54, 1.807) is 13.0 Å². The average molecular weight is 247 g/mol. The maximum absolute atomic E-state index is 12.1. The van der Waals surface area contributed by atoms with Gasteiger partial charge in [-0.15, -0.1) is 13.2 Å². The molecule has 0 spiro atoms. The zero-order valence-corrected chi connectivity index (χ0v) is 9.12. The highest BCUT2D eigenvalue weighted by Crippen LogP contribution is 2.32. The van der Waals surface area contributed by atoms with Crippen LogP contribution in [-0.2, 0) is 4.79 Å². The van der Waals surface area contributed by atoms with E-state index in [1.165, 1.54) is 18.2 Å². The number of para-hydroxylation sites is 1.